The summed E-state index contributed by atoms with van der Waals surface area (Å²) in [5.74, 6) is 0. The first-order valence-electron chi connectivity index (χ1n) is 3.58. The predicted molar refractivity (Wildman–Crippen MR) is 37.3 cm³/mol. The van der Waals surface area contributed by atoms with Crippen molar-refractivity contribution in [3.63, 3.8) is 0 Å². The van der Waals surface area contributed by atoms with Crippen LogP contribution >= 0.6 is 0 Å². The Morgan fingerprint density at radius 3 is 2.56 bits per heavy atom. The molecule has 0 aromatic rings. The predicted octanol–water partition coefficient (Wildman–Crippen LogP) is 0.461. The number of piperidine rings is 1. The van der Waals surface area contributed by atoms with Crippen molar-refractivity contribution in [2.75, 3.05) is 13.6 Å². The van der Waals surface area contributed by atoms with E-state index in [2.05, 4.69) is 18.9 Å². The van der Waals surface area contributed by atoms with Gasteiger partial charge in [-0.25, -0.2) is 0 Å². The van der Waals surface area contributed by atoms with Crippen LogP contribution in [0, 0.1) is 0 Å². The molecule has 9 heavy (non-hydrogen) atoms. The maximum atomic E-state index is 9.16. The minimum absolute atomic E-state index is 0.0776. The third-order valence-corrected chi connectivity index (χ3v) is 2.17. The van der Waals surface area contributed by atoms with Crippen molar-refractivity contribution in [2.24, 2.45) is 0 Å². The van der Waals surface area contributed by atoms with E-state index in [0.29, 0.717) is 6.04 Å². The summed E-state index contributed by atoms with van der Waals surface area (Å²) >= 11 is 0. The fourth-order valence-corrected chi connectivity index (χ4v) is 1.26. The summed E-state index contributed by atoms with van der Waals surface area (Å²) in [5.41, 5.74) is 0. The van der Waals surface area contributed by atoms with Crippen LogP contribution in [0.3, 0.4) is 0 Å². The van der Waals surface area contributed by atoms with E-state index in [1.54, 1.807) is 0 Å². The molecule has 0 aliphatic carbocycles. The fraction of sp³-hybridized carbons (Fsp3) is 1.00. The molecule has 1 N–H and O–H groups in total. The zero-order chi connectivity index (χ0) is 6.85. The second kappa shape index (κ2) is 2.67. The van der Waals surface area contributed by atoms with Gasteiger partial charge in [0, 0.05) is 12.6 Å². The van der Waals surface area contributed by atoms with Gasteiger partial charge in [0.15, 0.2) is 0 Å². The molecule has 1 aliphatic rings. The van der Waals surface area contributed by atoms with E-state index in [4.69, 9.17) is 5.11 Å². The van der Waals surface area contributed by atoms with E-state index in [9.17, 15) is 0 Å². The van der Waals surface area contributed by atoms with Crippen LogP contribution in [-0.4, -0.2) is 35.7 Å². The summed E-state index contributed by atoms with van der Waals surface area (Å²) < 4.78 is 0. The fourth-order valence-electron chi connectivity index (χ4n) is 1.26. The monoisotopic (exact) mass is 129 g/mol. The Bertz CT molecular complexity index is 94.9. The molecule has 54 valence electrons. The number of hydrogen-bond acceptors (Lipinski definition) is 2. The summed E-state index contributed by atoms with van der Waals surface area (Å²) in [4.78, 5) is 2.20. The Morgan fingerprint density at radius 2 is 2.11 bits per heavy atom. The summed E-state index contributed by atoms with van der Waals surface area (Å²) in [6, 6.07) is 0.661. The van der Waals surface area contributed by atoms with Crippen molar-refractivity contribution in [1.29, 1.82) is 0 Å². The highest BCUT2D eigenvalue weighted by Gasteiger charge is 2.19. The molecule has 1 heterocycles. The highest BCUT2D eigenvalue weighted by atomic mass is 16.3. The quantitative estimate of drug-likeness (QED) is 0.513. The van der Waals surface area contributed by atoms with Gasteiger partial charge in [-0.1, -0.05) is 0 Å². The molecule has 1 rings (SSSR count). The average Bonchev–Trinajstić information content (AvgIpc) is 1.80. The zero-order valence-corrected chi connectivity index (χ0v) is 6.17. The molecule has 0 unspecified atom stereocenters. The van der Waals surface area contributed by atoms with Crippen molar-refractivity contribution < 1.29 is 5.11 Å². The SMILES string of the molecule is C[C@@H]1CC[C@H](O)CN1C. The number of aliphatic hydroxyl groups excluding tert-OH is 1. The molecule has 1 aliphatic heterocycles. The van der Waals surface area contributed by atoms with Crippen LogP contribution < -0.4 is 0 Å². The molecule has 0 amide bonds. The molecule has 0 radical (unpaired) electrons. The Labute approximate surface area is 56.5 Å². The molecule has 0 spiro atoms. The molecule has 0 aromatic heterocycles. The van der Waals surface area contributed by atoms with Crippen molar-refractivity contribution >= 4 is 0 Å². The molecule has 0 saturated carbocycles. The topological polar surface area (TPSA) is 23.5 Å². The lowest BCUT2D eigenvalue weighted by molar-refractivity contribution is 0.0570. The van der Waals surface area contributed by atoms with Gasteiger partial charge >= 0.3 is 0 Å². The largest absolute Gasteiger partial charge is 0.392 e. The third-order valence-electron chi connectivity index (χ3n) is 2.17. The first kappa shape index (κ1) is 7.03. The lowest BCUT2D eigenvalue weighted by Gasteiger charge is -2.32. The van der Waals surface area contributed by atoms with Crippen LogP contribution in [0.4, 0.5) is 0 Å². The molecule has 1 fully saturated rings. The van der Waals surface area contributed by atoms with Crippen LogP contribution in [-0.2, 0) is 0 Å². The van der Waals surface area contributed by atoms with Crippen molar-refractivity contribution in [2.45, 2.75) is 31.9 Å². The zero-order valence-electron chi connectivity index (χ0n) is 6.17. The third kappa shape index (κ3) is 1.66. The standard InChI is InChI=1S/C7H15NO/c1-6-3-4-7(9)5-8(6)2/h6-7,9H,3-5H2,1-2H3/t6-,7+/m1/s1. The molecule has 2 atom stereocenters. The number of hydrogen-bond donors (Lipinski definition) is 1. The van der Waals surface area contributed by atoms with Gasteiger partial charge in [0.25, 0.3) is 0 Å². The van der Waals surface area contributed by atoms with Crippen LogP contribution in [0.5, 0.6) is 0 Å². The van der Waals surface area contributed by atoms with E-state index >= 15 is 0 Å². The van der Waals surface area contributed by atoms with Crippen LogP contribution in [0.15, 0.2) is 0 Å². The maximum absolute atomic E-state index is 9.16. The van der Waals surface area contributed by atoms with Crippen molar-refractivity contribution in [3.8, 4) is 0 Å². The molecule has 2 heteroatoms. The van der Waals surface area contributed by atoms with Crippen LogP contribution in [0.2, 0.25) is 0 Å². The lowest BCUT2D eigenvalue weighted by Crippen LogP contribution is -2.41. The van der Waals surface area contributed by atoms with Gasteiger partial charge in [0.05, 0.1) is 6.10 Å². The molecular weight excluding hydrogens is 114 g/mol. The van der Waals surface area contributed by atoms with E-state index in [1.165, 1.54) is 0 Å². The first-order chi connectivity index (χ1) is 4.20. The van der Waals surface area contributed by atoms with Gasteiger partial charge in [0.1, 0.15) is 0 Å². The van der Waals surface area contributed by atoms with Gasteiger partial charge in [-0.2, -0.15) is 0 Å². The Kier molecular flexibility index (Phi) is 2.09. The van der Waals surface area contributed by atoms with Gasteiger partial charge < -0.3 is 10.0 Å². The maximum Gasteiger partial charge on any atom is 0.0667 e. The van der Waals surface area contributed by atoms with Crippen molar-refractivity contribution in [3.05, 3.63) is 0 Å². The minimum Gasteiger partial charge on any atom is -0.392 e. The normalized spacial score (nSPS) is 39.0. The average molecular weight is 129 g/mol. The van der Waals surface area contributed by atoms with E-state index in [0.717, 1.165) is 19.4 Å². The number of aliphatic hydroxyl groups is 1. The molecular formula is C7H15NO. The second-order valence-electron chi connectivity index (χ2n) is 3.02. The molecule has 1 saturated heterocycles. The second-order valence-corrected chi connectivity index (χ2v) is 3.02. The van der Waals surface area contributed by atoms with Crippen LogP contribution in [0.1, 0.15) is 19.8 Å². The summed E-state index contributed by atoms with van der Waals surface area (Å²) in [5, 5.41) is 9.16. The van der Waals surface area contributed by atoms with Crippen LogP contribution in [0.25, 0.3) is 0 Å². The van der Waals surface area contributed by atoms with Gasteiger partial charge in [0.2, 0.25) is 0 Å². The van der Waals surface area contributed by atoms with E-state index in [1.807, 2.05) is 0 Å². The summed E-state index contributed by atoms with van der Waals surface area (Å²) in [7, 11) is 2.06. The smallest absolute Gasteiger partial charge is 0.0667 e. The molecule has 2 nitrogen and oxygen atoms in total. The van der Waals surface area contributed by atoms with E-state index in [-0.39, 0.29) is 6.10 Å². The molecule has 0 bridgehead atoms. The summed E-state index contributed by atoms with van der Waals surface area (Å²) in [6.07, 6.45) is 2.04. The number of likely N-dealkylation sites (N-methyl/N-ethyl adjacent to an activating group) is 1. The first-order valence-corrected chi connectivity index (χ1v) is 3.58. The Balaban J connectivity index is 2.35. The Hall–Kier alpha value is -0.0800. The number of likely N-dealkylation sites (tertiary alicyclic amines) is 1. The Morgan fingerprint density at radius 1 is 1.44 bits per heavy atom. The molecule has 0 aromatic carbocycles. The van der Waals surface area contributed by atoms with Crippen molar-refractivity contribution in [1.82, 2.24) is 4.90 Å². The number of rotatable bonds is 0. The van der Waals surface area contributed by atoms with Gasteiger partial charge in [-0.15, -0.1) is 0 Å². The number of nitrogens with zero attached hydrogens (tertiary/aromatic N) is 1. The number of β-amino-alcohol motifs (C(OH)–C–C–N with tert-alkyl or cyclic N) is 1. The van der Waals surface area contributed by atoms with Gasteiger partial charge in [-0.05, 0) is 26.8 Å². The lowest BCUT2D eigenvalue weighted by atomic mass is 10.0. The minimum atomic E-state index is -0.0776. The summed E-state index contributed by atoms with van der Waals surface area (Å²) in [6.45, 7) is 3.05. The van der Waals surface area contributed by atoms with E-state index < -0.39 is 0 Å². The van der Waals surface area contributed by atoms with Gasteiger partial charge in [-0.3, -0.25) is 0 Å². The highest BCUT2D eigenvalue weighted by Crippen LogP contribution is 2.13. The highest BCUT2D eigenvalue weighted by molar-refractivity contribution is 4.74.